The van der Waals surface area contributed by atoms with Crippen molar-refractivity contribution in [2.75, 3.05) is 4.72 Å². The molecule has 0 amide bonds. The number of carbonyl (C=O) groups is 1. The first-order chi connectivity index (χ1) is 13.6. The number of hydrogen-bond donors (Lipinski definition) is 2. The monoisotopic (exact) mass is 414 g/mol. The van der Waals surface area contributed by atoms with Crippen LogP contribution in [0.3, 0.4) is 0 Å². The van der Waals surface area contributed by atoms with Crippen LogP contribution in [-0.4, -0.2) is 19.2 Å². The summed E-state index contributed by atoms with van der Waals surface area (Å²) < 4.78 is 42.0. The maximum Gasteiger partial charge on any atom is 0.262 e. The van der Waals surface area contributed by atoms with Gasteiger partial charge < -0.3 is 4.98 Å². The number of rotatable bonds is 4. The van der Waals surface area contributed by atoms with Crippen LogP contribution < -0.4 is 4.72 Å². The summed E-state index contributed by atoms with van der Waals surface area (Å²) in [6.45, 7) is 5.97. The lowest BCUT2D eigenvalue weighted by molar-refractivity contribution is 0.0913. The molecule has 4 rings (SSSR count). The number of carbonyl (C=O) groups excluding carboxylic acids is 1. The molecule has 29 heavy (non-hydrogen) atoms. The topological polar surface area (TPSA) is 79.0 Å². The highest BCUT2D eigenvalue weighted by molar-refractivity contribution is 7.92. The van der Waals surface area contributed by atoms with Crippen LogP contribution in [0.5, 0.6) is 0 Å². The molecule has 1 aliphatic carbocycles. The average molecular weight is 415 g/mol. The van der Waals surface area contributed by atoms with Gasteiger partial charge in [-0.3, -0.25) is 9.52 Å². The third-order valence-electron chi connectivity index (χ3n) is 5.38. The molecule has 0 saturated heterocycles. The zero-order valence-corrected chi connectivity index (χ0v) is 17.4. The Hall–Kier alpha value is -2.67. The van der Waals surface area contributed by atoms with Crippen molar-refractivity contribution in [2.45, 2.75) is 44.9 Å². The van der Waals surface area contributed by atoms with Gasteiger partial charge in [0.1, 0.15) is 5.82 Å². The normalized spacial score (nSPS) is 16.1. The maximum absolute atomic E-state index is 13.5. The second kappa shape index (κ2) is 6.69. The number of nitrogens with one attached hydrogen (secondary N) is 2. The van der Waals surface area contributed by atoms with E-state index in [-0.39, 0.29) is 21.8 Å². The molecule has 0 fully saturated rings. The van der Waals surface area contributed by atoms with Gasteiger partial charge in [0.25, 0.3) is 10.0 Å². The molecule has 1 aromatic heterocycles. The number of halogens is 1. The Morgan fingerprint density at radius 1 is 1.17 bits per heavy atom. The van der Waals surface area contributed by atoms with Gasteiger partial charge in [-0.15, -0.1) is 0 Å². The highest BCUT2D eigenvalue weighted by Crippen LogP contribution is 2.39. The molecule has 0 radical (unpaired) electrons. The number of Topliss-reactive ketones (excluding diaryl/α,β-unsaturated/α-hetero) is 1. The molecule has 2 aromatic carbocycles. The van der Waals surface area contributed by atoms with Crippen molar-refractivity contribution < 1.29 is 17.6 Å². The van der Waals surface area contributed by atoms with E-state index in [1.54, 1.807) is 12.1 Å². The summed E-state index contributed by atoms with van der Waals surface area (Å²) in [5.74, 6) is -0.437. The number of hydrogen-bond acceptors (Lipinski definition) is 3. The van der Waals surface area contributed by atoms with Crippen LogP contribution in [0.15, 0.2) is 41.3 Å². The molecule has 0 saturated carbocycles. The zero-order chi connectivity index (χ0) is 21.0. The molecular formula is C22H23FN2O3S. The number of H-pyrrole nitrogens is 1. The molecule has 0 aliphatic heterocycles. The van der Waals surface area contributed by atoms with Crippen LogP contribution in [0.2, 0.25) is 0 Å². The van der Waals surface area contributed by atoms with Gasteiger partial charge in [-0.2, -0.15) is 0 Å². The Balaban J connectivity index is 1.84. The standard InChI is InChI=1S/C22H23FN2O3S/c1-4-13-8-16-17(24-18-11-22(2,3)12-19(26)21(16)18)10-20(13)29(27,28)25-15-7-5-6-14(23)9-15/h5-10,24-25H,4,11-12H2,1-3H3. The van der Waals surface area contributed by atoms with E-state index in [0.717, 1.165) is 23.6 Å². The van der Waals surface area contributed by atoms with Crippen LogP contribution in [0.1, 0.15) is 48.8 Å². The summed E-state index contributed by atoms with van der Waals surface area (Å²) >= 11 is 0. The molecular weight excluding hydrogens is 391 g/mol. The predicted molar refractivity (Wildman–Crippen MR) is 111 cm³/mol. The highest BCUT2D eigenvalue weighted by atomic mass is 32.2. The predicted octanol–water partition coefficient (Wildman–Crippen LogP) is 4.83. The summed E-state index contributed by atoms with van der Waals surface area (Å²) in [5.41, 5.74) is 2.80. The summed E-state index contributed by atoms with van der Waals surface area (Å²) in [4.78, 5) is 16.1. The minimum absolute atomic E-state index is 0.0815. The van der Waals surface area contributed by atoms with E-state index < -0.39 is 15.8 Å². The second-order valence-corrected chi connectivity index (χ2v) is 10.0. The fourth-order valence-electron chi connectivity index (χ4n) is 4.13. The first kappa shape index (κ1) is 19.6. The fraction of sp³-hybridized carbons (Fsp3) is 0.318. The lowest BCUT2D eigenvalue weighted by Crippen LogP contribution is -2.26. The average Bonchev–Trinajstić information content (AvgIpc) is 2.96. The van der Waals surface area contributed by atoms with Gasteiger partial charge in [0.15, 0.2) is 5.78 Å². The molecule has 152 valence electrons. The molecule has 0 spiro atoms. The molecule has 0 atom stereocenters. The van der Waals surface area contributed by atoms with Crippen molar-refractivity contribution in [2.24, 2.45) is 5.41 Å². The number of anilines is 1. The van der Waals surface area contributed by atoms with Crippen LogP contribution in [-0.2, 0) is 22.9 Å². The first-order valence-electron chi connectivity index (χ1n) is 9.59. The first-order valence-corrected chi connectivity index (χ1v) is 11.1. The molecule has 0 unspecified atom stereocenters. The second-order valence-electron chi connectivity index (χ2n) is 8.39. The SMILES string of the molecule is CCc1cc2c3c([nH]c2cc1S(=O)(=O)Nc1cccc(F)c1)CC(C)(C)CC3=O. The molecule has 5 nitrogen and oxygen atoms in total. The third-order valence-corrected chi connectivity index (χ3v) is 6.84. The Bertz CT molecular complexity index is 1240. The van der Waals surface area contributed by atoms with Crippen LogP contribution >= 0.6 is 0 Å². The number of aryl methyl sites for hydroxylation is 1. The molecule has 2 N–H and O–H groups in total. The number of ketones is 1. The van der Waals surface area contributed by atoms with E-state index in [1.165, 1.54) is 18.2 Å². The van der Waals surface area contributed by atoms with Crippen molar-refractivity contribution >= 4 is 32.4 Å². The van der Waals surface area contributed by atoms with E-state index in [1.807, 2.05) is 6.92 Å². The van der Waals surface area contributed by atoms with Crippen molar-refractivity contribution in [3.8, 4) is 0 Å². The van der Waals surface area contributed by atoms with Crippen molar-refractivity contribution in [3.05, 3.63) is 59.0 Å². The van der Waals surface area contributed by atoms with Gasteiger partial charge in [0.2, 0.25) is 0 Å². The van der Waals surface area contributed by atoms with Crippen molar-refractivity contribution in [3.63, 3.8) is 0 Å². The lowest BCUT2D eigenvalue weighted by Gasteiger charge is -2.28. The Morgan fingerprint density at radius 3 is 2.62 bits per heavy atom. The quantitative estimate of drug-likeness (QED) is 0.642. The smallest absolute Gasteiger partial charge is 0.262 e. The van der Waals surface area contributed by atoms with E-state index in [0.29, 0.717) is 29.5 Å². The maximum atomic E-state index is 13.5. The van der Waals surface area contributed by atoms with Gasteiger partial charge in [0, 0.05) is 28.6 Å². The highest BCUT2D eigenvalue weighted by Gasteiger charge is 2.34. The van der Waals surface area contributed by atoms with Crippen LogP contribution in [0.4, 0.5) is 10.1 Å². The minimum Gasteiger partial charge on any atom is -0.358 e. The molecule has 0 bridgehead atoms. The van der Waals surface area contributed by atoms with Gasteiger partial charge in [0.05, 0.1) is 10.6 Å². The van der Waals surface area contributed by atoms with E-state index >= 15 is 0 Å². The third kappa shape index (κ3) is 3.55. The number of fused-ring (bicyclic) bond motifs is 3. The van der Waals surface area contributed by atoms with E-state index in [2.05, 4.69) is 23.6 Å². The Labute approximate surface area is 169 Å². The van der Waals surface area contributed by atoms with Gasteiger partial charge in [-0.05, 0) is 54.2 Å². The zero-order valence-electron chi connectivity index (χ0n) is 16.6. The van der Waals surface area contributed by atoms with Crippen LogP contribution in [0, 0.1) is 11.2 Å². The summed E-state index contributed by atoms with van der Waals surface area (Å²) in [6, 6.07) is 8.71. The number of aromatic amines is 1. The lowest BCUT2D eigenvalue weighted by atomic mass is 9.76. The molecule has 1 heterocycles. The number of aromatic nitrogens is 1. The summed E-state index contributed by atoms with van der Waals surface area (Å²) in [6.07, 6.45) is 1.68. The van der Waals surface area contributed by atoms with E-state index in [9.17, 15) is 17.6 Å². The van der Waals surface area contributed by atoms with Crippen molar-refractivity contribution in [1.29, 1.82) is 0 Å². The molecule has 1 aliphatic rings. The number of benzene rings is 2. The number of sulfonamides is 1. The van der Waals surface area contributed by atoms with Gasteiger partial charge >= 0.3 is 0 Å². The van der Waals surface area contributed by atoms with E-state index in [4.69, 9.17) is 0 Å². The minimum atomic E-state index is -3.92. The molecule has 7 heteroatoms. The van der Waals surface area contributed by atoms with Gasteiger partial charge in [-0.25, -0.2) is 12.8 Å². The van der Waals surface area contributed by atoms with Crippen LogP contribution in [0.25, 0.3) is 10.9 Å². The Kier molecular flexibility index (Phi) is 4.53. The summed E-state index contributed by atoms with van der Waals surface area (Å²) in [7, 11) is -3.92. The van der Waals surface area contributed by atoms with Gasteiger partial charge in [-0.1, -0.05) is 26.8 Å². The largest absolute Gasteiger partial charge is 0.358 e. The fourth-order valence-corrected chi connectivity index (χ4v) is 5.49. The Morgan fingerprint density at radius 2 is 1.93 bits per heavy atom. The molecule has 3 aromatic rings. The van der Waals surface area contributed by atoms with Crippen molar-refractivity contribution in [1.82, 2.24) is 4.98 Å². The summed E-state index contributed by atoms with van der Waals surface area (Å²) in [5, 5.41) is 0.766.